The number of nitrogens with zero attached hydrogens (tertiary/aromatic N) is 2. The van der Waals surface area contributed by atoms with E-state index in [1.54, 1.807) is 30.5 Å². The first-order chi connectivity index (χ1) is 12.1. The number of fused-ring (bicyclic) bond motifs is 1. The Balaban J connectivity index is 1.72. The second-order valence-electron chi connectivity index (χ2n) is 5.81. The van der Waals surface area contributed by atoms with Crippen LogP contribution >= 0.6 is 0 Å². The molecule has 3 aromatic rings. The van der Waals surface area contributed by atoms with Gasteiger partial charge in [-0.3, -0.25) is 4.79 Å². The molecule has 3 heterocycles. The van der Waals surface area contributed by atoms with E-state index in [0.29, 0.717) is 16.8 Å². The molecule has 1 fully saturated rings. The van der Waals surface area contributed by atoms with Crippen LogP contribution in [0.25, 0.3) is 22.2 Å². The molecule has 0 saturated heterocycles. The number of H-pyrrole nitrogens is 1. The number of aromatic amines is 1. The van der Waals surface area contributed by atoms with Crippen molar-refractivity contribution >= 4 is 22.8 Å². The zero-order chi connectivity index (χ0) is 17.6. The molecular formula is C17H14F2N4O2. The van der Waals surface area contributed by atoms with Crippen LogP contribution in [0.3, 0.4) is 0 Å². The van der Waals surface area contributed by atoms with E-state index in [2.05, 4.69) is 20.3 Å². The minimum absolute atomic E-state index is 0.232. The summed E-state index contributed by atoms with van der Waals surface area (Å²) < 4.78 is 32.6. The summed E-state index contributed by atoms with van der Waals surface area (Å²) >= 11 is 0. The molecule has 6 nitrogen and oxygen atoms in total. The van der Waals surface area contributed by atoms with E-state index >= 15 is 0 Å². The van der Waals surface area contributed by atoms with Crippen LogP contribution in [0.1, 0.15) is 6.42 Å². The van der Waals surface area contributed by atoms with E-state index in [-0.39, 0.29) is 23.4 Å². The molecule has 0 spiro atoms. The lowest BCUT2D eigenvalue weighted by atomic mass is 10.1. The largest absolute Gasteiger partial charge is 0.481 e. The van der Waals surface area contributed by atoms with Gasteiger partial charge in [0, 0.05) is 17.1 Å². The van der Waals surface area contributed by atoms with Crippen molar-refractivity contribution in [1.29, 1.82) is 0 Å². The van der Waals surface area contributed by atoms with E-state index in [1.165, 1.54) is 7.11 Å². The fourth-order valence-corrected chi connectivity index (χ4v) is 2.77. The maximum Gasteiger partial charge on any atom is 0.231 e. The third-order valence-electron chi connectivity index (χ3n) is 4.15. The van der Waals surface area contributed by atoms with Gasteiger partial charge in [-0.2, -0.15) is 4.39 Å². The number of hydrogen-bond acceptors (Lipinski definition) is 4. The smallest absolute Gasteiger partial charge is 0.231 e. The maximum absolute atomic E-state index is 14.5. The monoisotopic (exact) mass is 344 g/mol. The number of carbonyl (C=O) groups is 1. The van der Waals surface area contributed by atoms with Gasteiger partial charge in [-0.25, -0.2) is 14.4 Å². The van der Waals surface area contributed by atoms with Crippen molar-refractivity contribution in [2.24, 2.45) is 5.92 Å². The summed E-state index contributed by atoms with van der Waals surface area (Å²) in [6, 6.07) is 6.57. The van der Waals surface area contributed by atoms with Crippen molar-refractivity contribution in [1.82, 2.24) is 15.0 Å². The number of aromatic nitrogens is 3. The molecule has 0 radical (unpaired) electrons. The summed E-state index contributed by atoms with van der Waals surface area (Å²) in [5.41, 5.74) is 1.05. The predicted molar refractivity (Wildman–Crippen MR) is 87.5 cm³/mol. The summed E-state index contributed by atoms with van der Waals surface area (Å²) in [5, 5.41) is 3.07. The predicted octanol–water partition coefficient (Wildman–Crippen LogP) is 3.07. The van der Waals surface area contributed by atoms with Crippen LogP contribution in [0, 0.1) is 11.9 Å². The van der Waals surface area contributed by atoms with Crippen molar-refractivity contribution in [3.63, 3.8) is 0 Å². The summed E-state index contributed by atoms with van der Waals surface area (Å²) in [6.07, 6.45) is 0.698. The minimum atomic E-state index is -1.09. The fraction of sp³-hybridized carbons (Fsp3) is 0.235. The van der Waals surface area contributed by atoms with Crippen LogP contribution in [0.15, 0.2) is 30.5 Å². The molecule has 8 heteroatoms. The van der Waals surface area contributed by atoms with Crippen molar-refractivity contribution in [2.75, 3.05) is 12.4 Å². The second kappa shape index (κ2) is 5.80. The molecule has 0 bridgehead atoms. The van der Waals surface area contributed by atoms with Gasteiger partial charge in [0.2, 0.25) is 17.7 Å². The third kappa shape index (κ3) is 2.69. The molecular weight excluding hydrogens is 330 g/mol. The van der Waals surface area contributed by atoms with Gasteiger partial charge in [0.15, 0.2) is 0 Å². The molecule has 2 N–H and O–H groups in total. The number of hydrogen-bond donors (Lipinski definition) is 2. The molecule has 4 rings (SSSR count). The highest BCUT2D eigenvalue weighted by Crippen LogP contribution is 2.37. The van der Waals surface area contributed by atoms with Gasteiger partial charge in [-0.15, -0.1) is 0 Å². The number of nitrogens with one attached hydrogen (secondary N) is 2. The van der Waals surface area contributed by atoms with Crippen molar-refractivity contribution in [3.8, 4) is 17.0 Å². The topological polar surface area (TPSA) is 79.9 Å². The Morgan fingerprint density at radius 2 is 2.20 bits per heavy atom. The van der Waals surface area contributed by atoms with Crippen molar-refractivity contribution in [2.45, 2.75) is 12.6 Å². The van der Waals surface area contributed by atoms with E-state index in [9.17, 15) is 13.6 Å². The Hall–Kier alpha value is -3.03. The van der Waals surface area contributed by atoms with Gasteiger partial charge in [0.05, 0.1) is 18.6 Å². The van der Waals surface area contributed by atoms with E-state index in [4.69, 9.17) is 4.74 Å². The summed E-state index contributed by atoms with van der Waals surface area (Å²) in [4.78, 5) is 22.6. The van der Waals surface area contributed by atoms with Crippen LogP contribution in [-0.2, 0) is 4.79 Å². The normalized spacial score (nSPS) is 19.0. The van der Waals surface area contributed by atoms with Gasteiger partial charge < -0.3 is 15.0 Å². The zero-order valence-electron chi connectivity index (χ0n) is 13.2. The molecule has 0 aromatic carbocycles. The van der Waals surface area contributed by atoms with Gasteiger partial charge in [-0.05, 0) is 30.7 Å². The van der Waals surface area contributed by atoms with Crippen LogP contribution in [0.4, 0.5) is 14.6 Å². The highest BCUT2D eigenvalue weighted by Gasteiger charge is 2.43. The zero-order valence-corrected chi connectivity index (χ0v) is 13.2. The highest BCUT2D eigenvalue weighted by atomic mass is 19.1. The SMILES string of the molecule is COc1ncccc1-c1c(F)[nH]c2nc(NC(=O)[C@@H]3C[C@@H]3F)ccc12. The Kier molecular flexibility index (Phi) is 3.60. The molecule has 3 aromatic heterocycles. The van der Waals surface area contributed by atoms with Gasteiger partial charge in [0.1, 0.15) is 17.6 Å². The van der Waals surface area contributed by atoms with E-state index in [1.807, 2.05) is 0 Å². The number of carbonyl (C=O) groups excluding carboxylic acids is 1. The first-order valence-electron chi connectivity index (χ1n) is 7.71. The molecule has 0 unspecified atom stereocenters. The first kappa shape index (κ1) is 15.5. The molecule has 1 saturated carbocycles. The van der Waals surface area contributed by atoms with Crippen molar-refractivity contribution < 1.29 is 18.3 Å². The first-order valence-corrected chi connectivity index (χ1v) is 7.71. The fourth-order valence-electron chi connectivity index (χ4n) is 2.77. The molecule has 1 aliphatic rings. The lowest BCUT2D eigenvalue weighted by Gasteiger charge is -2.06. The number of rotatable bonds is 4. The standard InChI is InChI=1S/C17H14F2N4O2/c1-25-17-9(3-2-6-20-17)13-8-4-5-12(21-15(8)23-14(13)19)22-16(24)10-7-11(10)18/h2-6,10-11H,7H2,1H3,(H2,21,22,23,24)/t10-,11+/m1/s1. The maximum atomic E-state index is 14.5. The number of methoxy groups -OCH3 is 1. The number of anilines is 1. The van der Waals surface area contributed by atoms with Gasteiger partial charge in [0.25, 0.3) is 0 Å². The number of pyridine rings is 2. The summed E-state index contributed by atoms with van der Waals surface area (Å²) in [5.74, 6) is -1.08. The average Bonchev–Trinajstić information content (AvgIpc) is 3.25. The second-order valence-corrected chi connectivity index (χ2v) is 5.81. The van der Waals surface area contributed by atoms with Gasteiger partial charge in [-0.1, -0.05) is 0 Å². The highest BCUT2D eigenvalue weighted by molar-refractivity contribution is 5.98. The van der Waals surface area contributed by atoms with Gasteiger partial charge >= 0.3 is 0 Å². The quantitative estimate of drug-likeness (QED) is 0.762. The van der Waals surface area contributed by atoms with E-state index in [0.717, 1.165) is 0 Å². The van der Waals surface area contributed by atoms with Crippen molar-refractivity contribution in [3.05, 3.63) is 36.4 Å². The van der Waals surface area contributed by atoms with E-state index < -0.39 is 23.9 Å². The molecule has 1 aliphatic carbocycles. The van der Waals surface area contributed by atoms with Crippen LogP contribution in [-0.4, -0.2) is 34.1 Å². The molecule has 1 amide bonds. The number of amides is 1. The molecule has 25 heavy (non-hydrogen) atoms. The number of halogens is 2. The Morgan fingerprint density at radius 1 is 1.40 bits per heavy atom. The lowest BCUT2D eigenvalue weighted by molar-refractivity contribution is -0.117. The average molecular weight is 344 g/mol. The Labute approximate surface area is 141 Å². The van der Waals surface area contributed by atoms with Crippen LogP contribution in [0.2, 0.25) is 0 Å². The summed E-state index contributed by atoms with van der Waals surface area (Å²) in [6.45, 7) is 0. The molecule has 2 atom stereocenters. The minimum Gasteiger partial charge on any atom is -0.481 e. The Bertz CT molecular complexity index is 972. The van der Waals surface area contributed by atoms with Crippen LogP contribution in [0.5, 0.6) is 5.88 Å². The van der Waals surface area contributed by atoms with Crippen LogP contribution < -0.4 is 10.1 Å². The molecule has 128 valence electrons. The number of ether oxygens (including phenoxy) is 1. The summed E-state index contributed by atoms with van der Waals surface area (Å²) in [7, 11) is 1.46. The Morgan fingerprint density at radius 3 is 2.92 bits per heavy atom. The lowest BCUT2D eigenvalue weighted by Crippen LogP contribution is -2.15. The molecule has 0 aliphatic heterocycles. The number of alkyl halides is 1. The third-order valence-corrected chi connectivity index (χ3v) is 4.15.